The fourth-order valence-electron chi connectivity index (χ4n) is 3.25. The molecule has 0 bridgehead atoms. The number of hydrogen-bond acceptors (Lipinski definition) is 2. The van der Waals surface area contributed by atoms with Crippen molar-refractivity contribution >= 4 is 15.9 Å². The van der Waals surface area contributed by atoms with Crippen molar-refractivity contribution in [3.8, 4) is 5.69 Å². The second kappa shape index (κ2) is 5.70. The maximum atomic E-state index is 6.10. The lowest BCUT2D eigenvalue weighted by Crippen LogP contribution is -2.37. The normalized spacial score (nSPS) is 18.1. The Bertz CT molecular complexity index is 568. The molecule has 3 rings (SSSR count). The van der Waals surface area contributed by atoms with E-state index in [4.69, 9.17) is 5.73 Å². The Balaban J connectivity index is 1.88. The molecule has 0 atom stereocenters. The van der Waals surface area contributed by atoms with E-state index in [1.54, 1.807) is 6.20 Å². The Hall–Kier alpha value is -1.13. The second-order valence-corrected chi connectivity index (χ2v) is 6.61. The SMILES string of the molecule is NCC1(c2ccc(-n3cc(Br)cn3)cc2)CCCCC1. The molecule has 1 aliphatic carbocycles. The summed E-state index contributed by atoms with van der Waals surface area (Å²) in [5, 5.41) is 4.31. The molecule has 1 aliphatic rings. The minimum absolute atomic E-state index is 0.196. The first kappa shape index (κ1) is 13.8. The van der Waals surface area contributed by atoms with Gasteiger partial charge in [0.25, 0.3) is 0 Å². The van der Waals surface area contributed by atoms with E-state index in [2.05, 4.69) is 45.3 Å². The van der Waals surface area contributed by atoms with Gasteiger partial charge < -0.3 is 5.73 Å². The third-order valence-corrected chi connectivity index (χ3v) is 4.91. The topological polar surface area (TPSA) is 43.8 Å². The summed E-state index contributed by atoms with van der Waals surface area (Å²) in [6, 6.07) is 8.73. The summed E-state index contributed by atoms with van der Waals surface area (Å²) < 4.78 is 2.87. The van der Waals surface area contributed by atoms with Crippen LogP contribution in [0.1, 0.15) is 37.7 Å². The van der Waals surface area contributed by atoms with Crippen molar-refractivity contribution in [2.45, 2.75) is 37.5 Å². The van der Waals surface area contributed by atoms with Gasteiger partial charge in [-0.25, -0.2) is 4.68 Å². The highest BCUT2D eigenvalue weighted by Crippen LogP contribution is 2.38. The summed E-state index contributed by atoms with van der Waals surface area (Å²) in [5.41, 5.74) is 8.76. The van der Waals surface area contributed by atoms with Crippen LogP contribution in [0.3, 0.4) is 0 Å². The summed E-state index contributed by atoms with van der Waals surface area (Å²) in [7, 11) is 0. The predicted molar refractivity (Wildman–Crippen MR) is 85.1 cm³/mol. The molecule has 0 saturated heterocycles. The molecule has 2 N–H and O–H groups in total. The zero-order chi connectivity index (χ0) is 14.0. The zero-order valence-electron chi connectivity index (χ0n) is 11.6. The van der Waals surface area contributed by atoms with Gasteiger partial charge in [0.2, 0.25) is 0 Å². The lowest BCUT2D eigenvalue weighted by atomic mass is 9.69. The molecule has 1 fully saturated rings. The largest absolute Gasteiger partial charge is 0.330 e. The maximum absolute atomic E-state index is 6.10. The van der Waals surface area contributed by atoms with Gasteiger partial charge >= 0.3 is 0 Å². The third kappa shape index (κ3) is 2.54. The van der Waals surface area contributed by atoms with Crippen LogP contribution in [-0.2, 0) is 5.41 Å². The minimum Gasteiger partial charge on any atom is -0.330 e. The van der Waals surface area contributed by atoms with E-state index in [0.717, 1.165) is 16.7 Å². The van der Waals surface area contributed by atoms with E-state index in [1.807, 2.05) is 10.9 Å². The van der Waals surface area contributed by atoms with E-state index in [9.17, 15) is 0 Å². The van der Waals surface area contributed by atoms with Crippen molar-refractivity contribution < 1.29 is 0 Å². The highest BCUT2D eigenvalue weighted by atomic mass is 79.9. The number of nitrogens with two attached hydrogens (primary N) is 1. The highest BCUT2D eigenvalue weighted by Gasteiger charge is 2.32. The Morgan fingerprint density at radius 2 is 1.85 bits per heavy atom. The molecule has 0 radical (unpaired) electrons. The predicted octanol–water partition coefficient (Wildman–Crippen LogP) is 3.80. The van der Waals surface area contributed by atoms with Gasteiger partial charge in [-0.15, -0.1) is 0 Å². The zero-order valence-corrected chi connectivity index (χ0v) is 13.1. The molecule has 0 amide bonds. The number of rotatable bonds is 3. The lowest BCUT2D eigenvalue weighted by molar-refractivity contribution is 0.301. The molecule has 1 aromatic carbocycles. The van der Waals surface area contributed by atoms with Crippen LogP contribution in [0.5, 0.6) is 0 Å². The highest BCUT2D eigenvalue weighted by molar-refractivity contribution is 9.10. The molecule has 2 aromatic rings. The molecule has 1 saturated carbocycles. The molecule has 20 heavy (non-hydrogen) atoms. The number of aromatic nitrogens is 2. The number of nitrogens with zero attached hydrogens (tertiary/aromatic N) is 2. The second-order valence-electron chi connectivity index (χ2n) is 5.70. The summed E-state index contributed by atoms with van der Waals surface area (Å²) in [4.78, 5) is 0. The van der Waals surface area contributed by atoms with Gasteiger partial charge in [-0.05, 0) is 46.5 Å². The molecular weight excluding hydrogens is 314 g/mol. The van der Waals surface area contributed by atoms with Crippen LogP contribution >= 0.6 is 15.9 Å². The lowest BCUT2D eigenvalue weighted by Gasteiger charge is -2.37. The van der Waals surface area contributed by atoms with Crippen molar-refractivity contribution in [2.24, 2.45) is 5.73 Å². The van der Waals surface area contributed by atoms with E-state index >= 15 is 0 Å². The smallest absolute Gasteiger partial charge is 0.0646 e. The van der Waals surface area contributed by atoms with Crippen LogP contribution in [-0.4, -0.2) is 16.3 Å². The molecule has 4 heteroatoms. The standard InChI is InChI=1S/C16H20BrN3/c17-14-10-19-20(11-14)15-6-4-13(5-7-15)16(12-18)8-2-1-3-9-16/h4-7,10-11H,1-3,8-9,12,18H2. The monoisotopic (exact) mass is 333 g/mol. The van der Waals surface area contributed by atoms with E-state index < -0.39 is 0 Å². The van der Waals surface area contributed by atoms with Gasteiger partial charge in [-0.1, -0.05) is 31.4 Å². The van der Waals surface area contributed by atoms with Gasteiger partial charge in [-0.3, -0.25) is 0 Å². The summed E-state index contributed by atoms with van der Waals surface area (Å²) in [6.07, 6.45) is 10.1. The quantitative estimate of drug-likeness (QED) is 0.928. The van der Waals surface area contributed by atoms with Crippen molar-refractivity contribution in [1.82, 2.24) is 9.78 Å². The van der Waals surface area contributed by atoms with Gasteiger partial charge in [0.15, 0.2) is 0 Å². The summed E-state index contributed by atoms with van der Waals surface area (Å²) in [6.45, 7) is 0.750. The summed E-state index contributed by atoms with van der Waals surface area (Å²) in [5.74, 6) is 0. The van der Waals surface area contributed by atoms with Crippen molar-refractivity contribution in [1.29, 1.82) is 0 Å². The third-order valence-electron chi connectivity index (χ3n) is 4.50. The molecule has 106 valence electrons. The van der Waals surface area contributed by atoms with Gasteiger partial charge in [-0.2, -0.15) is 5.10 Å². The first-order valence-corrected chi connectivity index (χ1v) is 8.04. The van der Waals surface area contributed by atoms with Crippen LogP contribution in [0, 0.1) is 0 Å². The summed E-state index contributed by atoms with van der Waals surface area (Å²) >= 11 is 3.43. The average Bonchev–Trinajstić information content (AvgIpc) is 2.95. The van der Waals surface area contributed by atoms with Gasteiger partial charge in [0.05, 0.1) is 16.4 Å². The van der Waals surface area contributed by atoms with Gasteiger partial charge in [0.1, 0.15) is 0 Å². The van der Waals surface area contributed by atoms with Crippen molar-refractivity contribution in [3.63, 3.8) is 0 Å². The Kier molecular flexibility index (Phi) is 3.94. The fraction of sp³-hybridized carbons (Fsp3) is 0.438. The van der Waals surface area contributed by atoms with Crippen LogP contribution in [0.4, 0.5) is 0 Å². The van der Waals surface area contributed by atoms with Crippen LogP contribution in [0.2, 0.25) is 0 Å². The fourth-order valence-corrected chi connectivity index (χ4v) is 3.53. The van der Waals surface area contributed by atoms with Crippen LogP contribution in [0.25, 0.3) is 5.69 Å². The Morgan fingerprint density at radius 1 is 1.15 bits per heavy atom. The van der Waals surface area contributed by atoms with E-state index in [1.165, 1.54) is 37.7 Å². The van der Waals surface area contributed by atoms with E-state index in [0.29, 0.717) is 0 Å². The molecule has 1 aromatic heterocycles. The van der Waals surface area contributed by atoms with Gasteiger partial charge in [0, 0.05) is 18.2 Å². The van der Waals surface area contributed by atoms with Crippen LogP contribution in [0.15, 0.2) is 41.1 Å². The van der Waals surface area contributed by atoms with Crippen molar-refractivity contribution in [3.05, 3.63) is 46.7 Å². The van der Waals surface area contributed by atoms with E-state index in [-0.39, 0.29) is 5.41 Å². The first-order valence-electron chi connectivity index (χ1n) is 7.25. The average molecular weight is 334 g/mol. The molecule has 0 unspecified atom stereocenters. The molecule has 3 nitrogen and oxygen atoms in total. The Morgan fingerprint density at radius 3 is 2.40 bits per heavy atom. The number of hydrogen-bond donors (Lipinski definition) is 1. The molecule has 0 spiro atoms. The molecule has 1 heterocycles. The maximum Gasteiger partial charge on any atom is 0.0646 e. The van der Waals surface area contributed by atoms with Crippen LogP contribution < -0.4 is 5.73 Å². The molecule has 0 aliphatic heterocycles. The van der Waals surface area contributed by atoms with Crippen molar-refractivity contribution in [2.75, 3.05) is 6.54 Å². The minimum atomic E-state index is 0.196. The number of halogens is 1. The molecular formula is C16H20BrN3. The Labute approximate surface area is 128 Å². The first-order chi connectivity index (χ1) is 9.73. The number of benzene rings is 1.